The molecule has 1 atom stereocenters. The zero-order valence-corrected chi connectivity index (χ0v) is 16.7. The Morgan fingerprint density at radius 2 is 1.81 bits per heavy atom. The fourth-order valence-corrected chi connectivity index (χ4v) is 4.21. The summed E-state index contributed by atoms with van der Waals surface area (Å²) in [4.78, 5) is 28.7. The Balaban J connectivity index is 1.99. The molecule has 0 bridgehead atoms. The lowest BCUT2D eigenvalue weighted by Crippen LogP contribution is -2.35. The van der Waals surface area contributed by atoms with Crippen LogP contribution in [0.15, 0.2) is 29.7 Å². The molecule has 0 aliphatic carbocycles. The van der Waals surface area contributed by atoms with Gasteiger partial charge in [0.2, 0.25) is 0 Å². The van der Waals surface area contributed by atoms with E-state index in [1.54, 1.807) is 33.3 Å². The summed E-state index contributed by atoms with van der Waals surface area (Å²) < 4.78 is 11.1. The van der Waals surface area contributed by atoms with Gasteiger partial charge in [0.05, 0.1) is 30.9 Å². The van der Waals surface area contributed by atoms with E-state index in [1.165, 1.54) is 4.90 Å². The molecule has 7 heteroatoms. The molecule has 2 fully saturated rings. The van der Waals surface area contributed by atoms with Gasteiger partial charge in [0.1, 0.15) is 11.5 Å². The molecule has 0 aromatic heterocycles. The summed E-state index contributed by atoms with van der Waals surface area (Å²) in [6.07, 6.45) is 5.58. The van der Waals surface area contributed by atoms with Crippen molar-refractivity contribution >= 4 is 34.7 Å². The van der Waals surface area contributed by atoms with Gasteiger partial charge < -0.3 is 14.4 Å². The second kappa shape index (κ2) is 8.08. The third kappa shape index (κ3) is 3.69. The number of thioether (sulfide) groups is 1. The molecule has 6 nitrogen and oxygen atoms in total. The maximum absolute atomic E-state index is 12.6. The number of amides is 2. The van der Waals surface area contributed by atoms with Crippen LogP contribution in [0.4, 0.5) is 10.5 Å². The molecule has 2 heterocycles. The fourth-order valence-electron chi connectivity index (χ4n) is 3.30. The van der Waals surface area contributed by atoms with Gasteiger partial charge in [-0.1, -0.05) is 6.08 Å². The third-order valence-corrected chi connectivity index (χ3v) is 5.72. The molecule has 2 aliphatic rings. The highest BCUT2D eigenvalue weighted by atomic mass is 32.2. The normalized spacial score (nSPS) is 19.7. The predicted molar refractivity (Wildman–Crippen MR) is 108 cm³/mol. The number of anilines is 1. The first-order valence-corrected chi connectivity index (χ1v) is 9.72. The lowest BCUT2D eigenvalue weighted by molar-refractivity contribution is -0.123. The predicted octanol–water partition coefficient (Wildman–Crippen LogP) is 3.91. The molecular weight excluding hydrogens is 364 g/mol. The number of ether oxygens (including phenoxy) is 2. The average molecular weight is 388 g/mol. The van der Waals surface area contributed by atoms with Crippen molar-refractivity contribution in [3.8, 4) is 11.5 Å². The van der Waals surface area contributed by atoms with Crippen molar-refractivity contribution in [3.05, 3.63) is 35.3 Å². The summed E-state index contributed by atoms with van der Waals surface area (Å²) in [5.74, 6) is 1.05. The second-order valence-corrected chi connectivity index (χ2v) is 7.48. The Morgan fingerprint density at radius 3 is 2.41 bits per heavy atom. The molecule has 1 aromatic carbocycles. The minimum Gasteiger partial charge on any atom is -0.496 e. The van der Waals surface area contributed by atoms with E-state index in [0.29, 0.717) is 16.2 Å². The number of imide groups is 1. The maximum atomic E-state index is 12.6. The fraction of sp³-hybridized carbons (Fsp3) is 0.400. The van der Waals surface area contributed by atoms with Crippen molar-refractivity contribution in [2.24, 2.45) is 0 Å². The van der Waals surface area contributed by atoms with Gasteiger partial charge >= 0.3 is 0 Å². The molecule has 2 amide bonds. The minimum atomic E-state index is -0.350. The smallest absolute Gasteiger partial charge is 0.294 e. The number of hydrogen-bond acceptors (Lipinski definition) is 6. The standard InChI is InChI=1S/C20H24N2O4S/c1-5-13(2)22-19(23)18(27-20(22)24)11-14-10-17(26-4)15(12-16(14)25-3)21-8-6-7-9-21/h5,10-13H,1,6-9H2,2-4H3/b18-11-/t13-/m1/s1. The van der Waals surface area contributed by atoms with Crippen molar-refractivity contribution in [1.82, 2.24) is 4.90 Å². The second-order valence-electron chi connectivity index (χ2n) is 6.49. The summed E-state index contributed by atoms with van der Waals surface area (Å²) in [6.45, 7) is 7.40. The van der Waals surface area contributed by atoms with E-state index in [4.69, 9.17) is 9.47 Å². The van der Waals surface area contributed by atoms with Crippen molar-refractivity contribution < 1.29 is 19.1 Å². The molecule has 0 saturated carbocycles. The SMILES string of the molecule is C=C[C@@H](C)N1C(=O)S/C(=C\c2cc(OC)c(N3CCCC3)cc2OC)C1=O. The first-order valence-electron chi connectivity index (χ1n) is 8.90. The molecule has 0 radical (unpaired) electrons. The van der Waals surface area contributed by atoms with Crippen LogP contribution in [-0.2, 0) is 4.79 Å². The van der Waals surface area contributed by atoms with E-state index < -0.39 is 0 Å². The van der Waals surface area contributed by atoms with Crippen LogP contribution in [0.5, 0.6) is 11.5 Å². The van der Waals surface area contributed by atoms with Gasteiger partial charge in [-0.25, -0.2) is 0 Å². The highest BCUT2D eigenvalue weighted by molar-refractivity contribution is 8.18. The lowest BCUT2D eigenvalue weighted by atomic mass is 10.1. The molecule has 144 valence electrons. The number of carbonyl (C=O) groups is 2. The summed E-state index contributed by atoms with van der Waals surface area (Å²) in [5, 5.41) is -0.293. The first kappa shape index (κ1) is 19.4. The average Bonchev–Trinajstić information content (AvgIpc) is 3.29. The van der Waals surface area contributed by atoms with Crippen molar-refractivity contribution in [2.75, 3.05) is 32.2 Å². The van der Waals surface area contributed by atoms with Crippen LogP contribution in [0, 0.1) is 0 Å². The Kier molecular flexibility index (Phi) is 5.79. The van der Waals surface area contributed by atoms with Crippen LogP contribution < -0.4 is 14.4 Å². The molecule has 0 N–H and O–H groups in total. The molecule has 1 aromatic rings. The summed E-state index contributed by atoms with van der Waals surface area (Å²) >= 11 is 0.926. The third-order valence-electron chi connectivity index (χ3n) is 4.84. The largest absolute Gasteiger partial charge is 0.496 e. The van der Waals surface area contributed by atoms with Gasteiger partial charge in [-0.3, -0.25) is 14.5 Å². The lowest BCUT2D eigenvalue weighted by Gasteiger charge is -2.22. The first-order chi connectivity index (χ1) is 13.0. The monoisotopic (exact) mass is 388 g/mol. The number of rotatable bonds is 6. The van der Waals surface area contributed by atoms with E-state index in [9.17, 15) is 9.59 Å². The van der Waals surface area contributed by atoms with Crippen molar-refractivity contribution in [1.29, 1.82) is 0 Å². The van der Waals surface area contributed by atoms with Gasteiger partial charge in [-0.15, -0.1) is 6.58 Å². The Labute approximate surface area is 163 Å². The number of nitrogens with zero attached hydrogens (tertiary/aromatic N) is 2. The molecule has 3 rings (SSSR count). The molecule has 0 spiro atoms. The van der Waals surface area contributed by atoms with Gasteiger partial charge in [0.25, 0.3) is 11.1 Å². The van der Waals surface area contributed by atoms with E-state index in [2.05, 4.69) is 11.5 Å². The highest BCUT2D eigenvalue weighted by Crippen LogP contribution is 2.40. The van der Waals surface area contributed by atoms with Gasteiger partial charge in [-0.2, -0.15) is 0 Å². The maximum Gasteiger partial charge on any atom is 0.294 e. The van der Waals surface area contributed by atoms with Crippen LogP contribution in [0.3, 0.4) is 0 Å². The minimum absolute atomic E-state index is 0.293. The molecule has 27 heavy (non-hydrogen) atoms. The van der Waals surface area contributed by atoms with Crippen molar-refractivity contribution in [2.45, 2.75) is 25.8 Å². The topological polar surface area (TPSA) is 59.1 Å². The van der Waals surface area contributed by atoms with Gasteiger partial charge in [0, 0.05) is 24.7 Å². The van der Waals surface area contributed by atoms with Gasteiger partial charge in [-0.05, 0) is 43.7 Å². The summed E-state index contributed by atoms with van der Waals surface area (Å²) in [7, 11) is 3.23. The quantitative estimate of drug-likeness (QED) is 0.544. The zero-order valence-electron chi connectivity index (χ0n) is 15.9. The number of hydrogen-bond donors (Lipinski definition) is 0. The van der Waals surface area contributed by atoms with E-state index in [0.717, 1.165) is 49.1 Å². The molecule has 2 aliphatic heterocycles. The van der Waals surface area contributed by atoms with Crippen LogP contribution in [0.1, 0.15) is 25.3 Å². The van der Waals surface area contributed by atoms with Gasteiger partial charge in [0.15, 0.2) is 0 Å². The number of methoxy groups -OCH3 is 2. The Hall–Kier alpha value is -2.41. The summed E-state index contributed by atoms with van der Waals surface area (Å²) in [6, 6.07) is 3.45. The number of benzene rings is 1. The van der Waals surface area contributed by atoms with Crippen LogP contribution in [0.2, 0.25) is 0 Å². The summed E-state index contributed by atoms with van der Waals surface area (Å²) in [5.41, 5.74) is 1.69. The Morgan fingerprint density at radius 1 is 1.15 bits per heavy atom. The van der Waals surface area contributed by atoms with E-state index >= 15 is 0 Å². The van der Waals surface area contributed by atoms with Crippen LogP contribution in [-0.4, -0.2) is 49.4 Å². The highest BCUT2D eigenvalue weighted by Gasteiger charge is 2.37. The molecule has 2 saturated heterocycles. The molecular formula is C20H24N2O4S. The van der Waals surface area contributed by atoms with E-state index in [1.807, 2.05) is 12.1 Å². The molecule has 0 unspecified atom stereocenters. The number of carbonyl (C=O) groups excluding carboxylic acids is 2. The zero-order chi connectivity index (χ0) is 19.6. The van der Waals surface area contributed by atoms with Crippen LogP contribution >= 0.6 is 11.8 Å². The Bertz CT molecular complexity index is 799. The van der Waals surface area contributed by atoms with Crippen molar-refractivity contribution in [3.63, 3.8) is 0 Å². The van der Waals surface area contributed by atoms with E-state index in [-0.39, 0.29) is 17.2 Å². The van der Waals surface area contributed by atoms with Crippen LogP contribution in [0.25, 0.3) is 6.08 Å².